The van der Waals surface area contributed by atoms with Crippen LogP contribution in [-0.2, 0) is 12.7 Å². The standard InChI is InChI=1S/C28H28BrF3N6O2/c1-16-25(35-27(40)22-14-24(28(30,31)32)34-23-10-9-20(29)13-21(22)23)17(2)38(36-16)15-18-5-7-19(8-6-18)26(39)33-11-12-37(3)4/h5-10,13-14H,11-12,15H2,1-4H3,(H,33,39)(H,35,40). The van der Waals surface area contributed by atoms with E-state index in [0.29, 0.717) is 40.2 Å². The second-order valence-corrected chi connectivity index (χ2v) is 10.5. The Bertz CT molecular complexity index is 1570. The number of rotatable bonds is 8. The maximum atomic E-state index is 13.5. The molecule has 8 nitrogen and oxygen atoms in total. The number of carbonyl (C=O) groups excluding carboxylic acids is 2. The minimum Gasteiger partial charge on any atom is -0.351 e. The topological polar surface area (TPSA) is 92.2 Å². The van der Waals surface area contributed by atoms with Crippen molar-refractivity contribution < 1.29 is 22.8 Å². The Labute approximate surface area is 237 Å². The molecule has 0 fully saturated rings. The van der Waals surface area contributed by atoms with Gasteiger partial charge in [-0.3, -0.25) is 14.3 Å². The highest BCUT2D eigenvalue weighted by Crippen LogP contribution is 2.32. The number of nitrogens with zero attached hydrogens (tertiary/aromatic N) is 4. The van der Waals surface area contributed by atoms with E-state index in [-0.39, 0.29) is 22.4 Å². The lowest BCUT2D eigenvalue weighted by Gasteiger charge is -2.13. The zero-order valence-electron chi connectivity index (χ0n) is 22.4. The lowest BCUT2D eigenvalue weighted by atomic mass is 10.1. The van der Waals surface area contributed by atoms with E-state index >= 15 is 0 Å². The maximum absolute atomic E-state index is 13.5. The second kappa shape index (κ2) is 11.8. The molecule has 0 saturated carbocycles. The fourth-order valence-electron chi connectivity index (χ4n) is 4.17. The molecule has 210 valence electrons. The molecule has 4 aromatic rings. The molecule has 0 bridgehead atoms. The number of fused-ring (bicyclic) bond motifs is 1. The van der Waals surface area contributed by atoms with Crippen LogP contribution in [0.25, 0.3) is 10.9 Å². The van der Waals surface area contributed by atoms with E-state index in [1.54, 1.807) is 42.8 Å². The molecule has 12 heteroatoms. The normalized spacial score (nSPS) is 11.7. The number of likely N-dealkylation sites (N-methyl/N-ethyl adjacent to an activating group) is 1. The molecule has 0 radical (unpaired) electrons. The van der Waals surface area contributed by atoms with E-state index in [9.17, 15) is 22.8 Å². The number of amides is 2. The maximum Gasteiger partial charge on any atom is 0.433 e. The number of hydrogen-bond acceptors (Lipinski definition) is 5. The van der Waals surface area contributed by atoms with Crippen molar-refractivity contribution in [1.82, 2.24) is 25.0 Å². The van der Waals surface area contributed by atoms with E-state index in [4.69, 9.17) is 0 Å². The Kier molecular flexibility index (Phi) is 8.59. The SMILES string of the molecule is Cc1nn(Cc2ccc(C(=O)NCCN(C)C)cc2)c(C)c1NC(=O)c1cc(C(F)(F)F)nc2ccc(Br)cc12. The monoisotopic (exact) mass is 616 g/mol. The first-order valence-electron chi connectivity index (χ1n) is 12.4. The van der Waals surface area contributed by atoms with E-state index in [1.165, 1.54) is 6.07 Å². The van der Waals surface area contributed by atoms with Gasteiger partial charge in [0, 0.05) is 28.5 Å². The summed E-state index contributed by atoms with van der Waals surface area (Å²) in [6, 6.07) is 12.5. The summed E-state index contributed by atoms with van der Waals surface area (Å²) in [5, 5.41) is 10.4. The number of benzene rings is 2. The van der Waals surface area contributed by atoms with Crippen LogP contribution in [0.1, 0.15) is 43.4 Å². The van der Waals surface area contributed by atoms with Crippen LogP contribution in [0.3, 0.4) is 0 Å². The summed E-state index contributed by atoms with van der Waals surface area (Å²) in [5.41, 5.74) is 1.74. The molecule has 2 amide bonds. The van der Waals surface area contributed by atoms with E-state index in [1.807, 2.05) is 31.1 Å². The highest BCUT2D eigenvalue weighted by Gasteiger charge is 2.34. The van der Waals surface area contributed by atoms with Crippen molar-refractivity contribution >= 4 is 44.3 Å². The van der Waals surface area contributed by atoms with Gasteiger partial charge in [0.15, 0.2) is 0 Å². The van der Waals surface area contributed by atoms with Crippen molar-refractivity contribution in [2.45, 2.75) is 26.6 Å². The van der Waals surface area contributed by atoms with Crippen LogP contribution in [0, 0.1) is 13.8 Å². The Morgan fingerprint density at radius 2 is 1.73 bits per heavy atom. The van der Waals surface area contributed by atoms with Gasteiger partial charge in [0.2, 0.25) is 0 Å². The van der Waals surface area contributed by atoms with E-state index in [2.05, 4.69) is 36.6 Å². The summed E-state index contributed by atoms with van der Waals surface area (Å²) in [6.45, 7) is 5.12. The van der Waals surface area contributed by atoms with Crippen LogP contribution < -0.4 is 10.6 Å². The van der Waals surface area contributed by atoms with Crippen LogP contribution in [-0.4, -0.2) is 58.7 Å². The van der Waals surface area contributed by atoms with Crippen molar-refractivity contribution in [1.29, 1.82) is 0 Å². The van der Waals surface area contributed by atoms with Crippen LogP contribution in [0.15, 0.2) is 53.0 Å². The third-order valence-electron chi connectivity index (χ3n) is 6.32. The molecule has 40 heavy (non-hydrogen) atoms. The highest BCUT2D eigenvalue weighted by molar-refractivity contribution is 9.10. The summed E-state index contributed by atoms with van der Waals surface area (Å²) >= 11 is 3.31. The summed E-state index contributed by atoms with van der Waals surface area (Å²) in [6.07, 6.45) is -4.71. The zero-order valence-corrected chi connectivity index (χ0v) is 23.9. The number of halogens is 4. The summed E-state index contributed by atoms with van der Waals surface area (Å²) in [4.78, 5) is 31.3. The number of aromatic nitrogens is 3. The van der Waals surface area contributed by atoms with Gasteiger partial charge in [0.1, 0.15) is 5.69 Å². The molecule has 0 aliphatic carbocycles. The minimum atomic E-state index is -4.71. The van der Waals surface area contributed by atoms with Crippen LogP contribution >= 0.6 is 15.9 Å². The molecule has 0 unspecified atom stereocenters. The zero-order chi connectivity index (χ0) is 29.2. The molecule has 0 aliphatic rings. The molecule has 0 saturated heterocycles. The second-order valence-electron chi connectivity index (χ2n) is 9.63. The number of pyridine rings is 1. The third kappa shape index (κ3) is 6.68. The number of anilines is 1. The Morgan fingerprint density at radius 1 is 1.02 bits per heavy atom. The Balaban J connectivity index is 1.54. The first kappa shape index (κ1) is 29.2. The molecule has 4 rings (SSSR count). The Hall–Kier alpha value is -3.77. The predicted molar refractivity (Wildman–Crippen MR) is 151 cm³/mol. The van der Waals surface area contributed by atoms with Gasteiger partial charge in [-0.2, -0.15) is 18.3 Å². The van der Waals surface area contributed by atoms with Crippen molar-refractivity contribution in [2.75, 3.05) is 32.5 Å². The molecule has 0 atom stereocenters. The van der Waals surface area contributed by atoms with Crippen LogP contribution in [0.5, 0.6) is 0 Å². The van der Waals surface area contributed by atoms with Crippen LogP contribution in [0.4, 0.5) is 18.9 Å². The average molecular weight is 617 g/mol. The predicted octanol–water partition coefficient (Wildman–Crippen LogP) is 5.42. The number of nitrogens with one attached hydrogen (secondary N) is 2. The van der Waals surface area contributed by atoms with Crippen molar-refractivity contribution in [3.63, 3.8) is 0 Å². The molecule has 2 aromatic heterocycles. The van der Waals surface area contributed by atoms with E-state index in [0.717, 1.165) is 18.2 Å². The molecule has 0 aliphatic heterocycles. The minimum absolute atomic E-state index is 0.0575. The van der Waals surface area contributed by atoms with Gasteiger partial charge in [-0.25, -0.2) is 4.98 Å². The largest absolute Gasteiger partial charge is 0.433 e. The van der Waals surface area contributed by atoms with Gasteiger partial charge in [0.05, 0.1) is 34.7 Å². The molecule has 2 heterocycles. The van der Waals surface area contributed by atoms with Gasteiger partial charge in [-0.1, -0.05) is 28.1 Å². The lowest BCUT2D eigenvalue weighted by molar-refractivity contribution is -0.141. The third-order valence-corrected chi connectivity index (χ3v) is 6.81. The quantitative estimate of drug-likeness (QED) is 0.276. The number of carbonyl (C=O) groups is 2. The molecule has 2 N–H and O–H groups in total. The van der Waals surface area contributed by atoms with Crippen molar-refractivity contribution in [2.24, 2.45) is 0 Å². The summed E-state index contributed by atoms with van der Waals surface area (Å²) in [5.74, 6) is -0.861. The molecular formula is C28H28BrF3N6O2. The molecule has 2 aromatic carbocycles. The fraction of sp³-hybridized carbons (Fsp3) is 0.286. The van der Waals surface area contributed by atoms with E-state index < -0.39 is 17.8 Å². The number of hydrogen-bond donors (Lipinski definition) is 2. The first-order valence-corrected chi connectivity index (χ1v) is 13.2. The Morgan fingerprint density at radius 3 is 2.38 bits per heavy atom. The van der Waals surface area contributed by atoms with Gasteiger partial charge >= 0.3 is 6.18 Å². The van der Waals surface area contributed by atoms with Crippen molar-refractivity contribution in [3.05, 3.63) is 86.8 Å². The number of alkyl halides is 3. The summed E-state index contributed by atoms with van der Waals surface area (Å²) < 4.78 is 42.8. The van der Waals surface area contributed by atoms with Gasteiger partial charge in [-0.15, -0.1) is 0 Å². The lowest BCUT2D eigenvalue weighted by Crippen LogP contribution is -2.31. The molecular weight excluding hydrogens is 589 g/mol. The number of aryl methyl sites for hydroxylation is 1. The average Bonchev–Trinajstić information content (AvgIpc) is 3.14. The van der Waals surface area contributed by atoms with Gasteiger partial charge in [0.25, 0.3) is 11.8 Å². The van der Waals surface area contributed by atoms with Crippen molar-refractivity contribution in [3.8, 4) is 0 Å². The van der Waals surface area contributed by atoms with Crippen LogP contribution in [0.2, 0.25) is 0 Å². The summed E-state index contributed by atoms with van der Waals surface area (Å²) in [7, 11) is 3.86. The molecule has 0 spiro atoms. The fourth-order valence-corrected chi connectivity index (χ4v) is 4.53. The smallest absolute Gasteiger partial charge is 0.351 e. The van der Waals surface area contributed by atoms with Gasteiger partial charge in [-0.05, 0) is 69.9 Å². The highest BCUT2D eigenvalue weighted by atomic mass is 79.9. The first-order chi connectivity index (χ1) is 18.8. The van der Waals surface area contributed by atoms with Gasteiger partial charge < -0.3 is 15.5 Å².